The van der Waals surface area contributed by atoms with E-state index in [4.69, 9.17) is 4.74 Å². The van der Waals surface area contributed by atoms with Crippen molar-refractivity contribution in [2.75, 3.05) is 6.61 Å². The van der Waals surface area contributed by atoms with Crippen molar-refractivity contribution in [3.05, 3.63) is 0 Å². The molecule has 0 aromatic rings. The van der Waals surface area contributed by atoms with Gasteiger partial charge >= 0.3 is 71.1 Å². The molecule has 0 aliphatic rings. The minimum absolute atomic E-state index is 0. The van der Waals surface area contributed by atoms with Crippen molar-refractivity contribution >= 4 is 71.1 Å². The van der Waals surface area contributed by atoms with Crippen molar-refractivity contribution in [3.63, 3.8) is 0 Å². The Balaban J connectivity index is -0.00000288. The van der Waals surface area contributed by atoms with Crippen LogP contribution in [0.3, 0.4) is 0 Å². The second-order valence-electron chi connectivity index (χ2n) is 6.84. The first-order valence-electron chi connectivity index (χ1n) is 10.3. The number of carbonyl (C=O) groups is 2. The molecule has 0 aliphatic heterocycles. The average molecular weight is 406 g/mol. The van der Waals surface area contributed by atoms with E-state index < -0.39 is 11.9 Å². The van der Waals surface area contributed by atoms with Crippen LogP contribution in [-0.2, 0) is 19.2 Å². The van der Waals surface area contributed by atoms with Gasteiger partial charge in [-0.1, -0.05) is 103 Å². The molecule has 0 spiro atoms. The molecule has 2 N–H and O–H groups in total. The van der Waals surface area contributed by atoms with Crippen LogP contribution in [0.15, 0.2) is 0 Å². The third-order valence-corrected chi connectivity index (χ3v) is 4.50. The van der Waals surface area contributed by atoms with Crippen molar-refractivity contribution in [2.45, 2.75) is 110 Å². The van der Waals surface area contributed by atoms with Gasteiger partial charge in [-0.25, -0.2) is 9.59 Å². The molecule has 0 heterocycles. The van der Waals surface area contributed by atoms with Crippen LogP contribution in [0.2, 0.25) is 0 Å². The van der Waals surface area contributed by atoms with Gasteiger partial charge in [-0.15, -0.1) is 0 Å². The van der Waals surface area contributed by atoms with E-state index in [1.54, 1.807) is 0 Å². The van der Waals surface area contributed by atoms with Gasteiger partial charge in [-0.05, 0) is 6.42 Å². The third-order valence-electron chi connectivity index (χ3n) is 4.50. The average Bonchev–Trinajstić information content (AvgIpc) is 2.63. The quantitative estimate of drug-likeness (QED) is 0.130. The van der Waals surface area contributed by atoms with E-state index in [0.717, 1.165) is 19.3 Å². The van der Waals surface area contributed by atoms with Crippen LogP contribution < -0.4 is 5.90 Å². The molecular formula is C20H41NNa2O4. The first-order chi connectivity index (χ1) is 12.2. The number of nitrogens with two attached hydrogens (primary N) is 1. The number of hydrogen-bond donors (Lipinski definition) is 1. The molecule has 0 aliphatic carbocycles. The Hall–Kier alpha value is 0.900. The van der Waals surface area contributed by atoms with Crippen LogP contribution in [0.5, 0.6) is 0 Å². The van der Waals surface area contributed by atoms with Crippen molar-refractivity contribution in [1.82, 2.24) is 0 Å². The first kappa shape index (κ1) is 32.6. The molecule has 0 rings (SSSR count). The van der Waals surface area contributed by atoms with Gasteiger partial charge in [0.25, 0.3) is 0 Å². The third kappa shape index (κ3) is 24.9. The summed E-state index contributed by atoms with van der Waals surface area (Å²) in [5.41, 5.74) is 0. The van der Waals surface area contributed by atoms with E-state index in [-0.39, 0.29) is 65.7 Å². The van der Waals surface area contributed by atoms with E-state index in [0.29, 0.717) is 0 Å². The van der Waals surface area contributed by atoms with Crippen molar-refractivity contribution < 1.29 is 19.2 Å². The van der Waals surface area contributed by atoms with E-state index in [1.165, 1.54) is 83.5 Å². The Bertz CT molecular complexity index is 331. The van der Waals surface area contributed by atoms with Gasteiger partial charge in [0.15, 0.2) is 0 Å². The zero-order chi connectivity index (χ0) is 18.6. The van der Waals surface area contributed by atoms with E-state index in [9.17, 15) is 9.59 Å². The van der Waals surface area contributed by atoms with E-state index in [2.05, 4.69) is 17.7 Å². The van der Waals surface area contributed by atoms with Crippen LogP contribution in [0, 0.1) is 0 Å². The summed E-state index contributed by atoms with van der Waals surface area (Å²) in [5, 5.41) is 0. The Labute approximate surface area is 210 Å². The molecule has 0 radical (unpaired) electrons. The molecule has 0 atom stereocenters. The number of unbranched alkanes of at least 4 members (excludes halogenated alkanes) is 15. The topological polar surface area (TPSA) is 78.6 Å². The van der Waals surface area contributed by atoms with Gasteiger partial charge in [0.05, 0.1) is 6.61 Å². The summed E-state index contributed by atoms with van der Waals surface area (Å²) in [5.74, 6) is 2.44. The van der Waals surface area contributed by atoms with Gasteiger partial charge in [0.1, 0.15) is 0 Å². The monoisotopic (exact) mass is 405 g/mol. The fraction of sp³-hybridized carbons (Fsp3) is 0.900. The summed E-state index contributed by atoms with van der Waals surface area (Å²) in [6.07, 6.45) is 20.7. The van der Waals surface area contributed by atoms with Crippen LogP contribution in [-0.4, -0.2) is 77.7 Å². The molecule has 0 fully saturated rings. The zero-order valence-electron chi connectivity index (χ0n) is 16.2. The number of rotatable bonds is 17. The van der Waals surface area contributed by atoms with Crippen LogP contribution in [0.4, 0.5) is 0 Å². The summed E-state index contributed by atoms with van der Waals surface area (Å²) in [6.45, 7) is 2.52. The summed E-state index contributed by atoms with van der Waals surface area (Å²) in [4.78, 5) is 25.4. The van der Waals surface area contributed by atoms with Gasteiger partial charge in [-0.2, -0.15) is 5.90 Å². The van der Waals surface area contributed by atoms with Crippen molar-refractivity contribution in [2.24, 2.45) is 5.90 Å². The molecule has 0 amide bonds. The molecule has 0 aromatic carbocycles. The maximum atomic E-state index is 11.0. The fourth-order valence-electron chi connectivity index (χ4n) is 2.92. The molecule has 7 heteroatoms. The molecule has 0 bridgehead atoms. The Morgan fingerprint density at radius 3 is 1.26 bits per heavy atom. The van der Waals surface area contributed by atoms with Gasteiger partial charge < -0.3 is 9.57 Å². The Morgan fingerprint density at radius 2 is 0.926 bits per heavy atom. The zero-order valence-corrected chi connectivity index (χ0v) is 16.2. The number of hydrogen-bond acceptors (Lipinski definition) is 5. The molecule has 27 heavy (non-hydrogen) atoms. The van der Waals surface area contributed by atoms with E-state index in [1.807, 2.05) is 0 Å². The number of ether oxygens (including phenoxy) is 1. The molecule has 152 valence electrons. The maximum absolute atomic E-state index is 11.0. The van der Waals surface area contributed by atoms with Crippen LogP contribution in [0.1, 0.15) is 110 Å². The summed E-state index contributed by atoms with van der Waals surface area (Å²) in [6, 6.07) is 0. The fourth-order valence-corrected chi connectivity index (χ4v) is 2.92. The van der Waals surface area contributed by atoms with Gasteiger partial charge in [0, 0.05) is 0 Å². The molecule has 0 saturated heterocycles. The summed E-state index contributed by atoms with van der Waals surface area (Å²) >= 11 is 0. The minimum atomic E-state index is -1.14. The van der Waals surface area contributed by atoms with Crippen LogP contribution >= 0.6 is 0 Å². The predicted molar refractivity (Wildman–Crippen MR) is 115 cm³/mol. The van der Waals surface area contributed by atoms with Crippen molar-refractivity contribution in [3.8, 4) is 0 Å². The SMILES string of the molecule is CCCCCCCCCCCCCCCCCCOC(=O)C(=O)ON.[NaH].[NaH]. The molecule has 0 unspecified atom stereocenters. The van der Waals surface area contributed by atoms with Gasteiger partial charge in [0.2, 0.25) is 0 Å². The predicted octanol–water partition coefficient (Wildman–Crippen LogP) is 3.91. The molecular weight excluding hydrogens is 364 g/mol. The number of carbonyl (C=O) groups excluding carboxylic acids is 2. The molecule has 0 aromatic heterocycles. The second-order valence-corrected chi connectivity index (χ2v) is 6.84. The number of esters is 1. The molecule has 0 saturated carbocycles. The summed E-state index contributed by atoms with van der Waals surface area (Å²) < 4.78 is 4.72. The normalized spacial score (nSPS) is 9.85. The Kier molecular flexibility index (Phi) is 32.4. The molecule has 5 nitrogen and oxygen atoms in total. The van der Waals surface area contributed by atoms with Crippen LogP contribution in [0.25, 0.3) is 0 Å². The first-order valence-corrected chi connectivity index (χ1v) is 10.3. The standard InChI is InChI=1S/C20H39NO4.2Na.2H/c1-2-3-4-5-6-7-8-9-10-11-12-13-14-15-16-17-18-24-19(22)20(23)25-21;;;;/h2-18,21H2,1H3;;;;. The van der Waals surface area contributed by atoms with E-state index >= 15 is 0 Å². The van der Waals surface area contributed by atoms with Gasteiger partial charge in [-0.3, -0.25) is 0 Å². The summed E-state index contributed by atoms with van der Waals surface area (Å²) in [7, 11) is 0. The second kappa shape index (κ2) is 26.9. The Morgan fingerprint density at radius 1 is 0.593 bits per heavy atom. The van der Waals surface area contributed by atoms with Crippen molar-refractivity contribution in [1.29, 1.82) is 0 Å².